The molecule has 2 rings (SSSR count). The van der Waals surface area contributed by atoms with Crippen LogP contribution in [0.4, 0.5) is 4.39 Å². The fraction of sp³-hybridized carbons (Fsp3) is 0.214. The number of hydrogen-bond donors (Lipinski definition) is 1. The summed E-state index contributed by atoms with van der Waals surface area (Å²) in [5, 5.41) is 10.1. The van der Waals surface area contributed by atoms with Crippen LogP contribution in [0, 0.1) is 5.82 Å². The number of halogens is 1. The minimum Gasteiger partial charge on any atom is -0.495 e. The summed E-state index contributed by atoms with van der Waals surface area (Å²) < 4.78 is 18.6. The molecule has 0 saturated carbocycles. The number of aliphatic hydroxyl groups excluding tert-OH is 1. The maximum Gasteiger partial charge on any atom is 0.143 e. The molecule has 0 aliphatic heterocycles. The second kappa shape index (κ2) is 6.54. The van der Waals surface area contributed by atoms with Gasteiger partial charge in [0.05, 0.1) is 7.11 Å². The summed E-state index contributed by atoms with van der Waals surface area (Å²) in [4.78, 5) is 4.61. The summed E-state index contributed by atoms with van der Waals surface area (Å²) in [7, 11) is 1.53. The summed E-state index contributed by atoms with van der Waals surface area (Å²) in [6, 6.07) is 9.95. The number of nitrogens with zero attached hydrogens (tertiary/aromatic N) is 1. The molecule has 0 radical (unpaired) electrons. The van der Waals surface area contributed by atoms with Crippen molar-refractivity contribution in [2.24, 2.45) is 0 Å². The van der Waals surface area contributed by atoms with Gasteiger partial charge in [0.25, 0.3) is 0 Å². The molecule has 1 unspecified atom stereocenters. The van der Waals surface area contributed by atoms with Gasteiger partial charge in [-0.3, -0.25) is 4.98 Å². The zero-order valence-corrected chi connectivity index (χ0v) is 11.2. The van der Waals surface area contributed by atoms with Gasteiger partial charge in [0.1, 0.15) is 23.4 Å². The van der Waals surface area contributed by atoms with Crippen LogP contribution < -0.4 is 4.74 Å². The third kappa shape index (κ3) is 3.45. The molecule has 19 heavy (non-hydrogen) atoms. The van der Waals surface area contributed by atoms with E-state index < -0.39 is 6.10 Å². The molecular formula is C14H14FNO2S. The fourth-order valence-electron chi connectivity index (χ4n) is 1.64. The van der Waals surface area contributed by atoms with Crippen LogP contribution in [0.2, 0.25) is 0 Å². The van der Waals surface area contributed by atoms with E-state index in [1.165, 1.54) is 24.9 Å². The molecule has 1 aromatic carbocycles. The Morgan fingerprint density at radius 1 is 1.32 bits per heavy atom. The van der Waals surface area contributed by atoms with Gasteiger partial charge in [0.15, 0.2) is 0 Å². The highest BCUT2D eigenvalue weighted by atomic mass is 32.2. The first-order chi connectivity index (χ1) is 9.22. The first-order valence-electron chi connectivity index (χ1n) is 5.76. The lowest BCUT2D eigenvalue weighted by molar-refractivity contribution is 0.193. The third-order valence-corrected chi connectivity index (χ3v) is 3.69. The summed E-state index contributed by atoms with van der Waals surface area (Å²) in [6.07, 6.45) is 0.787. The number of thioether (sulfide) groups is 1. The van der Waals surface area contributed by atoms with Gasteiger partial charge in [-0.2, -0.15) is 0 Å². The maximum atomic E-state index is 13.4. The second-order valence-corrected chi connectivity index (χ2v) is 4.91. The molecule has 0 fully saturated rings. The molecule has 0 saturated heterocycles. The van der Waals surface area contributed by atoms with E-state index in [1.54, 1.807) is 36.5 Å². The van der Waals surface area contributed by atoms with Crippen molar-refractivity contribution in [1.29, 1.82) is 0 Å². The fourth-order valence-corrected chi connectivity index (χ4v) is 2.51. The Hall–Kier alpha value is -1.59. The van der Waals surface area contributed by atoms with Gasteiger partial charge >= 0.3 is 0 Å². The van der Waals surface area contributed by atoms with Crippen LogP contribution in [0.25, 0.3) is 0 Å². The molecule has 100 valence electrons. The minimum absolute atomic E-state index is 0.285. The molecule has 5 heteroatoms. The van der Waals surface area contributed by atoms with E-state index in [4.69, 9.17) is 4.74 Å². The van der Waals surface area contributed by atoms with Crippen LogP contribution in [0.1, 0.15) is 11.8 Å². The van der Waals surface area contributed by atoms with Crippen LogP contribution >= 0.6 is 11.8 Å². The summed E-state index contributed by atoms with van der Waals surface area (Å²) >= 11 is 1.25. The Balaban J connectivity index is 2.05. The van der Waals surface area contributed by atoms with Crippen LogP contribution in [-0.2, 0) is 0 Å². The van der Waals surface area contributed by atoms with Gasteiger partial charge in [0, 0.05) is 16.8 Å². The summed E-state index contributed by atoms with van der Waals surface area (Å²) in [6.45, 7) is 0. The highest BCUT2D eigenvalue weighted by Gasteiger charge is 2.15. The molecule has 0 aliphatic rings. The lowest BCUT2D eigenvalue weighted by Crippen LogP contribution is -2.05. The number of methoxy groups -OCH3 is 1. The first kappa shape index (κ1) is 13.8. The molecule has 0 bridgehead atoms. The number of benzene rings is 1. The molecule has 1 aromatic heterocycles. The molecular weight excluding hydrogens is 265 g/mol. The molecule has 1 atom stereocenters. The van der Waals surface area contributed by atoms with Crippen molar-refractivity contribution in [3.05, 3.63) is 54.1 Å². The van der Waals surface area contributed by atoms with Crippen molar-refractivity contribution >= 4 is 11.8 Å². The number of aromatic nitrogens is 1. The molecule has 1 heterocycles. The van der Waals surface area contributed by atoms with Crippen LogP contribution in [0.3, 0.4) is 0 Å². The normalized spacial score (nSPS) is 12.2. The SMILES string of the molecule is COc1cccnc1C(O)CSc1ccccc1F. The van der Waals surface area contributed by atoms with E-state index in [2.05, 4.69) is 4.98 Å². The van der Waals surface area contributed by atoms with Gasteiger partial charge in [-0.25, -0.2) is 4.39 Å². The lowest BCUT2D eigenvalue weighted by Gasteiger charge is -2.13. The van der Waals surface area contributed by atoms with E-state index in [9.17, 15) is 9.50 Å². The van der Waals surface area contributed by atoms with Crippen molar-refractivity contribution in [3.63, 3.8) is 0 Å². The van der Waals surface area contributed by atoms with Gasteiger partial charge in [-0.05, 0) is 24.3 Å². The Morgan fingerprint density at radius 2 is 2.11 bits per heavy atom. The number of hydrogen-bond acceptors (Lipinski definition) is 4. The van der Waals surface area contributed by atoms with E-state index in [0.29, 0.717) is 22.1 Å². The number of ether oxygens (including phenoxy) is 1. The monoisotopic (exact) mass is 279 g/mol. The van der Waals surface area contributed by atoms with Crippen molar-refractivity contribution in [2.45, 2.75) is 11.0 Å². The predicted octanol–water partition coefficient (Wildman–Crippen LogP) is 3.06. The van der Waals surface area contributed by atoms with Crippen LogP contribution in [0.5, 0.6) is 5.75 Å². The predicted molar refractivity (Wildman–Crippen MR) is 72.9 cm³/mol. The quantitative estimate of drug-likeness (QED) is 0.854. The van der Waals surface area contributed by atoms with Gasteiger partial charge in [-0.1, -0.05) is 12.1 Å². The lowest BCUT2D eigenvalue weighted by atomic mass is 10.2. The zero-order chi connectivity index (χ0) is 13.7. The van der Waals surface area contributed by atoms with E-state index in [-0.39, 0.29) is 5.82 Å². The highest BCUT2D eigenvalue weighted by Crippen LogP contribution is 2.29. The topological polar surface area (TPSA) is 42.4 Å². The van der Waals surface area contributed by atoms with E-state index in [1.807, 2.05) is 0 Å². The van der Waals surface area contributed by atoms with Gasteiger partial charge in [0.2, 0.25) is 0 Å². The largest absolute Gasteiger partial charge is 0.495 e. The Morgan fingerprint density at radius 3 is 2.84 bits per heavy atom. The number of aliphatic hydroxyl groups is 1. The average molecular weight is 279 g/mol. The van der Waals surface area contributed by atoms with E-state index >= 15 is 0 Å². The Labute approximate surface area is 115 Å². The smallest absolute Gasteiger partial charge is 0.143 e. The number of pyridine rings is 1. The van der Waals surface area contributed by atoms with Gasteiger partial charge in [-0.15, -0.1) is 11.8 Å². The Kier molecular flexibility index (Phi) is 4.76. The van der Waals surface area contributed by atoms with Gasteiger partial charge < -0.3 is 9.84 Å². The minimum atomic E-state index is -0.805. The Bertz CT molecular complexity index is 550. The van der Waals surface area contributed by atoms with Crippen molar-refractivity contribution < 1.29 is 14.2 Å². The molecule has 0 amide bonds. The number of rotatable bonds is 5. The molecule has 1 N–H and O–H groups in total. The summed E-state index contributed by atoms with van der Waals surface area (Å²) in [5.41, 5.74) is 0.467. The van der Waals surface area contributed by atoms with Crippen molar-refractivity contribution in [2.75, 3.05) is 12.9 Å². The maximum absolute atomic E-state index is 13.4. The first-order valence-corrected chi connectivity index (χ1v) is 6.75. The van der Waals surface area contributed by atoms with Crippen LogP contribution in [-0.4, -0.2) is 23.0 Å². The summed E-state index contributed by atoms with van der Waals surface area (Å²) in [5.74, 6) is 0.561. The molecule has 0 aliphatic carbocycles. The molecule has 2 aromatic rings. The molecule has 3 nitrogen and oxygen atoms in total. The highest BCUT2D eigenvalue weighted by molar-refractivity contribution is 7.99. The average Bonchev–Trinajstić information content (AvgIpc) is 2.46. The van der Waals surface area contributed by atoms with Crippen LogP contribution in [0.15, 0.2) is 47.5 Å². The molecule has 0 spiro atoms. The third-order valence-electron chi connectivity index (χ3n) is 2.57. The van der Waals surface area contributed by atoms with Crippen molar-refractivity contribution in [3.8, 4) is 5.75 Å². The standard InChI is InChI=1S/C14H14FNO2S/c1-18-12-6-4-8-16-14(12)11(17)9-19-13-7-3-2-5-10(13)15/h2-8,11,17H,9H2,1H3. The second-order valence-electron chi connectivity index (χ2n) is 3.85. The van der Waals surface area contributed by atoms with E-state index in [0.717, 1.165) is 0 Å². The van der Waals surface area contributed by atoms with Crippen molar-refractivity contribution in [1.82, 2.24) is 4.98 Å². The zero-order valence-electron chi connectivity index (χ0n) is 10.4.